The maximum absolute atomic E-state index is 13.3. The lowest BCUT2D eigenvalue weighted by Crippen LogP contribution is -2.32. The van der Waals surface area contributed by atoms with Crippen molar-refractivity contribution in [3.63, 3.8) is 0 Å². The van der Waals surface area contributed by atoms with Gasteiger partial charge in [-0.25, -0.2) is 4.98 Å². The topological polar surface area (TPSA) is 91.8 Å². The Morgan fingerprint density at radius 1 is 0.971 bits per heavy atom. The van der Waals surface area contributed by atoms with Crippen LogP contribution in [0.15, 0.2) is 61.1 Å². The second kappa shape index (κ2) is 9.67. The second-order valence-corrected chi connectivity index (χ2v) is 7.96. The van der Waals surface area contributed by atoms with E-state index in [0.29, 0.717) is 11.5 Å². The third-order valence-corrected chi connectivity index (χ3v) is 5.59. The second-order valence-electron chi connectivity index (χ2n) is 7.96. The number of aryl methyl sites for hydroxylation is 1. The summed E-state index contributed by atoms with van der Waals surface area (Å²) in [5.74, 6) is 0.103. The first-order valence-corrected chi connectivity index (χ1v) is 10.8. The number of halogens is 3. The highest BCUT2D eigenvalue weighted by Gasteiger charge is 2.40. The van der Waals surface area contributed by atoms with Gasteiger partial charge < -0.3 is 16.0 Å². The van der Waals surface area contributed by atoms with Crippen molar-refractivity contribution in [3.8, 4) is 11.1 Å². The van der Waals surface area contributed by atoms with Crippen molar-refractivity contribution in [1.29, 1.82) is 0 Å². The molecule has 4 aromatic rings. The van der Waals surface area contributed by atoms with Crippen LogP contribution in [0.3, 0.4) is 0 Å². The summed E-state index contributed by atoms with van der Waals surface area (Å²) in [5, 5.41) is 8.79. The lowest BCUT2D eigenvalue weighted by molar-refractivity contribution is -0.156. The molecule has 3 N–H and O–H groups in total. The minimum atomic E-state index is -4.51. The van der Waals surface area contributed by atoms with Crippen molar-refractivity contribution in [2.24, 2.45) is 0 Å². The van der Waals surface area contributed by atoms with Gasteiger partial charge in [-0.1, -0.05) is 6.07 Å². The molecule has 0 saturated heterocycles. The van der Waals surface area contributed by atoms with E-state index in [2.05, 4.69) is 30.9 Å². The Kier molecular flexibility index (Phi) is 6.65. The summed E-state index contributed by atoms with van der Waals surface area (Å²) in [5.41, 5.74) is 3.71. The molecule has 0 fully saturated rings. The molecule has 3 aromatic heterocycles. The van der Waals surface area contributed by atoms with E-state index in [0.717, 1.165) is 33.7 Å². The van der Waals surface area contributed by atoms with E-state index in [1.165, 1.54) is 19.3 Å². The summed E-state index contributed by atoms with van der Waals surface area (Å²) in [6.45, 7) is 1.94. The largest absolute Gasteiger partial charge is 0.407 e. The lowest BCUT2D eigenvalue weighted by Gasteiger charge is -2.20. The summed E-state index contributed by atoms with van der Waals surface area (Å²) in [4.78, 5) is 25.6. The quantitative estimate of drug-likeness (QED) is 0.355. The van der Waals surface area contributed by atoms with Crippen LogP contribution in [-0.2, 0) is 0 Å². The zero-order chi connectivity index (χ0) is 25.2. The maximum atomic E-state index is 13.3. The van der Waals surface area contributed by atoms with E-state index in [1.807, 2.05) is 25.1 Å². The number of carbonyl (C=O) groups is 1. The Morgan fingerprint density at radius 3 is 2.49 bits per heavy atom. The van der Waals surface area contributed by atoms with Gasteiger partial charge in [0.15, 0.2) is 0 Å². The molecule has 0 bridgehead atoms. The highest BCUT2D eigenvalue weighted by Crippen LogP contribution is 2.33. The molecule has 1 aromatic carbocycles. The molecule has 0 aliphatic rings. The molecule has 1 atom stereocenters. The van der Waals surface area contributed by atoms with Crippen LogP contribution in [-0.4, -0.2) is 41.1 Å². The van der Waals surface area contributed by atoms with Crippen molar-refractivity contribution in [3.05, 3.63) is 77.9 Å². The minimum Gasteiger partial charge on any atom is -0.373 e. The van der Waals surface area contributed by atoms with Crippen LogP contribution in [0.2, 0.25) is 0 Å². The zero-order valence-corrected chi connectivity index (χ0v) is 19.2. The smallest absolute Gasteiger partial charge is 0.373 e. The fourth-order valence-corrected chi connectivity index (χ4v) is 3.78. The first kappa shape index (κ1) is 24.1. The van der Waals surface area contributed by atoms with E-state index in [-0.39, 0.29) is 11.3 Å². The van der Waals surface area contributed by atoms with Gasteiger partial charge in [-0.2, -0.15) is 13.2 Å². The molecule has 7 nitrogen and oxygen atoms in total. The number of benzene rings is 1. The molecule has 0 radical (unpaired) electrons. The molecule has 0 aliphatic carbocycles. The third-order valence-electron chi connectivity index (χ3n) is 5.59. The van der Waals surface area contributed by atoms with Crippen LogP contribution < -0.4 is 16.0 Å². The van der Waals surface area contributed by atoms with Crippen molar-refractivity contribution in [2.75, 3.05) is 24.7 Å². The normalized spacial score (nSPS) is 12.4. The van der Waals surface area contributed by atoms with Gasteiger partial charge in [0.2, 0.25) is 0 Å². The number of fused-ring (bicyclic) bond motifs is 1. The van der Waals surface area contributed by atoms with E-state index >= 15 is 0 Å². The Balaban J connectivity index is 1.61. The fourth-order valence-electron chi connectivity index (χ4n) is 3.78. The number of anilines is 2. The van der Waals surface area contributed by atoms with Gasteiger partial charge in [0.05, 0.1) is 5.52 Å². The van der Waals surface area contributed by atoms with E-state index < -0.39 is 18.1 Å². The molecular weight excluding hydrogens is 457 g/mol. The number of hydrogen-bond donors (Lipinski definition) is 3. The number of pyridine rings is 3. The van der Waals surface area contributed by atoms with Crippen LogP contribution in [0.1, 0.15) is 27.7 Å². The molecule has 0 aliphatic heterocycles. The molecule has 10 heteroatoms. The summed E-state index contributed by atoms with van der Waals surface area (Å²) >= 11 is 0. The average molecular weight is 480 g/mol. The van der Waals surface area contributed by atoms with Crippen molar-refractivity contribution < 1.29 is 18.0 Å². The van der Waals surface area contributed by atoms with E-state index in [1.54, 1.807) is 31.6 Å². The van der Waals surface area contributed by atoms with Crippen molar-refractivity contribution in [1.82, 2.24) is 20.3 Å². The van der Waals surface area contributed by atoms with Gasteiger partial charge in [0, 0.05) is 48.3 Å². The van der Waals surface area contributed by atoms with Gasteiger partial charge in [-0.3, -0.25) is 14.8 Å². The fraction of sp³-hybridized carbons (Fsp3) is 0.200. The third kappa shape index (κ3) is 5.22. The minimum absolute atomic E-state index is 0.0953. The summed E-state index contributed by atoms with van der Waals surface area (Å²) in [7, 11) is 3.00. The number of aromatic nitrogens is 3. The Labute approximate surface area is 199 Å². The monoisotopic (exact) mass is 480 g/mol. The number of amides is 1. The average Bonchev–Trinajstić information content (AvgIpc) is 2.84. The Bertz CT molecular complexity index is 1390. The van der Waals surface area contributed by atoms with Gasteiger partial charge >= 0.3 is 6.18 Å². The number of nitrogens with zero attached hydrogens (tertiary/aromatic N) is 3. The number of hydrogen-bond acceptors (Lipinski definition) is 6. The van der Waals surface area contributed by atoms with Crippen LogP contribution in [0.25, 0.3) is 22.0 Å². The Morgan fingerprint density at radius 2 is 1.77 bits per heavy atom. The molecule has 3 heterocycles. The maximum Gasteiger partial charge on any atom is 0.407 e. The predicted octanol–water partition coefficient (Wildman–Crippen LogP) is 5.12. The Hall–Kier alpha value is -4.05. The van der Waals surface area contributed by atoms with Crippen LogP contribution in [0.4, 0.5) is 24.7 Å². The first-order chi connectivity index (χ1) is 16.7. The SMILES string of the molecule is CNc1cc2ncc(-c3cc(NC(=O)c4cc(C(NC)C(F)(F)F)ccn4)ccc3C)cc2cn1. The van der Waals surface area contributed by atoms with Crippen LogP contribution >= 0.6 is 0 Å². The molecule has 0 spiro atoms. The van der Waals surface area contributed by atoms with E-state index in [9.17, 15) is 18.0 Å². The molecule has 4 rings (SSSR count). The number of alkyl halides is 3. The standard InChI is InChI=1S/C25H23F3N6O/c1-14-4-5-18(10-19(14)16-8-17-13-33-22(29-2)11-20(17)32-12-16)34-24(35)21-9-15(6-7-31-21)23(30-3)25(26,27)28/h4-13,23,30H,1-3H3,(H,29,33)(H,34,35). The predicted molar refractivity (Wildman–Crippen MR) is 129 cm³/mol. The van der Waals surface area contributed by atoms with Crippen molar-refractivity contribution in [2.45, 2.75) is 19.1 Å². The first-order valence-electron chi connectivity index (χ1n) is 10.8. The molecule has 180 valence electrons. The molecule has 35 heavy (non-hydrogen) atoms. The van der Waals surface area contributed by atoms with Crippen molar-refractivity contribution >= 4 is 28.3 Å². The van der Waals surface area contributed by atoms with Gasteiger partial charge in [-0.15, -0.1) is 0 Å². The zero-order valence-electron chi connectivity index (χ0n) is 19.2. The summed E-state index contributed by atoms with van der Waals surface area (Å²) < 4.78 is 39.8. The van der Waals surface area contributed by atoms with Gasteiger partial charge in [0.1, 0.15) is 17.6 Å². The highest BCUT2D eigenvalue weighted by molar-refractivity contribution is 6.03. The molecule has 0 saturated carbocycles. The summed E-state index contributed by atoms with van der Waals surface area (Å²) in [6.07, 6.45) is 0.162. The van der Waals surface area contributed by atoms with Gasteiger partial charge in [0.25, 0.3) is 5.91 Å². The highest BCUT2D eigenvalue weighted by atomic mass is 19.4. The number of nitrogens with one attached hydrogen (secondary N) is 3. The van der Waals surface area contributed by atoms with Crippen LogP contribution in [0, 0.1) is 6.92 Å². The number of rotatable bonds is 6. The molecule has 1 amide bonds. The molecule has 1 unspecified atom stereocenters. The number of carbonyl (C=O) groups excluding carboxylic acids is 1. The van der Waals surface area contributed by atoms with Crippen LogP contribution in [0.5, 0.6) is 0 Å². The molecular formula is C25H23F3N6O. The lowest BCUT2D eigenvalue weighted by atomic mass is 10.00. The van der Waals surface area contributed by atoms with E-state index in [4.69, 9.17) is 0 Å². The van der Waals surface area contributed by atoms with Gasteiger partial charge in [-0.05, 0) is 61.0 Å². The summed E-state index contributed by atoms with van der Waals surface area (Å²) in [6, 6.07) is 9.65.